The molecule has 1 N–H and O–H groups in total. The van der Waals surface area contributed by atoms with Gasteiger partial charge in [-0.3, -0.25) is 29.0 Å². The lowest BCUT2D eigenvalue weighted by atomic mass is 9.89. The summed E-state index contributed by atoms with van der Waals surface area (Å²) >= 11 is 0. The highest BCUT2D eigenvalue weighted by molar-refractivity contribution is 5.74. The number of nitrogens with one attached hydrogen (secondary N) is 1. The maximum absolute atomic E-state index is 12.6. The molecule has 2 aromatic rings. The summed E-state index contributed by atoms with van der Waals surface area (Å²) in [6.45, 7) is 7.49. The Labute approximate surface area is 246 Å². The number of carbonyl (C=O) groups is 4. The summed E-state index contributed by atoms with van der Waals surface area (Å²) in [4.78, 5) is 53.4. The van der Waals surface area contributed by atoms with Crippen LogP contribution < -0.4 is 5.32 Å². The first-order valence-corrected chi connectivity index (χ1v) is 14.1. The summed E-state index contributed by atoms with van der Waals surface area (Å²) in [7, 11) is 0. The van der Waals surface area contributed by atoms with Gasteiger partial charge in [-0.1, -0.05) is 60.7 Å². The minimum Gasteiger partial charge on any atom is -0.463 e. The van der Waals surface area contributed by atoms with E-state index < -0.39 is 54.5 Å². The fourth-order valence-corrected chi connectivity index (χ4v) is 5.77. The molecule has 2 aromatic carbocycles. The smallest absolute Gasteiger partial charge is 0.303 e. The molecule has 11 heteroatoms. The van der Waals surface area contributed by atoms with Gasteiger partial charge in [-0.05, 0) is 11.1 Å². The van der Waals surface area contributed by atoms with Crippen molar-refractivity contribution in [2.24, 2.45) is 0 Å². The van der Waals surface area contributed by atoms with Crippen molar-refractivity contribution >= 4 is 23.8 Å². The quantitative estimate of drug-likeness (QED) is 0.329. The van der Waals surface area contributed by atoms with Crippen LogP contribution in [0.3, 0.4) is 0 Å². The third kappa shape index (κ3) is 8.15. The minimum absolute atomic E-state index is 0.238. The van der Waals surface area contributed by atoms with Crippen molar-refractivity contribution in [3.8, 4) is 0 Å². The molecule has 2 aliphatic heterocycles. The average Bonchev–Trinajstić information content (AvgIpc) is 3.31. The second kappa shape index (κ2) is 14.4. The van der Waals surface area contributed by atoms with Crippen LogP contribution >= 0.6 is 0 Å². The lowest BCUT2D eigenvalue weighted by Crippen LogP contribution is -2.70. The van der Waals surface area contributed by atoms with E-state index in [0.717, 1.165) is 11.1 Å². The molecule has 0 bridgehead atoms. The van der Waals surface area contributed by atoms with Gasteiger partial charge in [0.1, 0.15) is 18.8 Å². The zero-order valence-corrected chi connectivity index (χ0v) is 24.4. The van der Waals surface area contributed by atoms with Crippen LogP contribution in [0.15, 0.2) is 60.7 Å². The van der Waals surface area contributed by atoms with E-state index in [-0.39, 0.29) is 12.5 Å². The molecule has 5 atom stereocenters. The number of benzene rings is 2. The van der Waals surface area contributed by atoms with Gasteiger partial charge in [0, 0.05) is 53.9 Å². The molecule has 2 saturated heterocycles. The van der Waals surface area contributed by atoms with Crippen molar-refractivity contribution in [3.05, 3.63) is 71.8 Å². The zero-order valence-electron chi connectivity index (χ0n) is 24.4. The average molecular weight is 582 g/mol. The van der Waals surface area contributed by atoms with E-state index in [1.54, 1.807) is 0 Å². The van der Waals surface area contributed by atoms with Gasteiger partial charge < -0.3 is 24.3 Å². The maximum atomic E-state index is 12.6. The molecule has 2 heterocycles. The largest absolute Gasteiger partial charge is 0.463 e. The Morgan fingerprint density at radius 2 is 1.26 bits per heavy atom. The molecule has 42 heavy (non-hydrogen) atoms. The molecule has 0 radical (unpaired) electrons. The van der Waals surface area contributed by atoms with E-state index in [1.165, 1.54) is 27.7 Å². The van der Waals surface area contributed by atoms with E-state index in [1.807, 2.05) is 60.7 Å². The van der Waals surface area contributed by atoms with E-state index >= 15 is 0 Å². The molecular formula is C31H39N3O8. The van der Waals surface area contributed by atoms with Crippen LogP contribution in [0.4, 0.5) is 0 Å². The molecule has 4 rings (SSSR count). The Bertz CT molecular complexity index is 1180. The van der Waals surface area contributed by atoms with Gasteiger partial charge in [-0.2, -0.15) is 0 Å². The molecule has 0 spiro atoms. The lowest BCUT2D eigenvalue weighted by Gasteiger charge is -2.49. The predicted octanol–water partition coefficient (Wildman–Crippen LogP) is 2.03. The van der Waals surface area contributed by atoms with Crippen LogP contribution in [0.25, 0.3) is 0 Å². The summed E-state index contributed by atoms with van der Waals surface area (Å²) in [5, 5.41) is 2.93. The Balaban J connectivity index is 1.78. The Hall–Kier alpha value is -3.80. The molecule has 11 nitrogen and oxygen atoms in total. The predicted molar refractivity (Wildman–Crippen MR) is 151 cm³/mol. The Morgan fingerprint density at radius 3 is 1.71 bits per heavy atom. The summed E-state index contributed by atoms with van der Waals surface area (Å²) < 4.78 is 23.3. The SMILES string of the molecule is CC(=O)NC1C(OC(C)=O)C(OC(C)=O)C(COC(C)=O)OC1C1N(Cc2ccccc2)CCN1Cc1ccccc1. The van der Waals surface area contributed by atoms with Crippen LogP contribution in [-0.4, -0.2) is 89.9 Å². The number of esters is 3. The topological polar surface area (TPSA) is 124 Å². The monoisotopic (exact) mass is 581 g/mol. The van der Waals surface area contributed by atoms with Crippen molar-refractivity contribution in [2.45, 2.75) is 77.4 Å². The Morgan fingerprint density at radius 1 is 0.762 bits per heavy atom. The number of rotatable bonds is 10. The minimum atomic E-state index is -1.13. The second-order valence-corrected chi connectivity index (χ2v) is 10.6. The number of carbonyl (C=O) groups excluding carboxylic acids is 4. The highest BCUT2D eigenvalue weighted by atomic mass is 16.6. The second-order valence-electron chi connectivity index (χ2n) is 10.6. The molecule has 5 unspecified atom stereocenters. The number of hydrogen-bond acceptors (Lipinski definition) is 10. The summed E-state index contributed by atoms with van der Waals surface area (Å²) in [6.07, 6.45) is -4.35. The third-order valence-corrected chi connectivity index (χ3v) is 7.33. The van der Waals surface area contributed by atoms with Crippen LogP contribution in [0.2, 0.25) is 0 Å². The van der Waals surface area contributed by atoms with E-state index in [0.29, 0.717) is 26.2 Å². The zero-order chi connectivity index (χ0) is 30.2. The van der Waals surface area contributed by atoms with Gasteiger partial charge in [0.2, 0.25) is 5.91 Å². The molecule has 2 aliphatic rings. The number of hydrogen-bond donors (Lipinski definition) is 1. The van der Waals surface area contributed by atoms with E-state index in [2.05, 4.69) is 15.1 Å². The molecular weight excluding hydrogens is 542 g/mol. The molecule has 2 fully saturated rings. The van der Waals surface area contributed by atoms with Gasteiger partial charge in [0.15, 0.2) is 12.2 Å². The lowest BCUT2D eigenvalue weighted by molar-refractivity contribution is -0.237. The third-order valence-electron chi connectivity index (χ3n) is 7.33. The molecule has 226 valence electrons. The van der Waals surface area contributed by atoms with Crippen molar-refractivity contribution < 1.29 is 38.1 Å². The van der Waals surface area contributed by atoms with Crippen molar-refractivity contribution in [2.75, 3.05) is 19.7 Å². The standard InChI is InChI=1S/C31H39N3O8/c1-20(35)32-27-29(41-23(4)38)28(40-22(3)37)26(19-39-21(2)36)42-30(27)31-33(17-24-11-7-5-8-12-24)15-16-34(31)18-25-13-9-6-10-14-25/h5-14,26-31H,15-19H2,1-4H3,(H,32,35). The number of ether oxygens (including phenoxy) is 4. The number of amides is 1. The summed E-state index contributed by atoms with van der Waals surface area (Å²) in [5.41, 5.74) is 2.20. The van der Waals surface area contributed by atoms with Crippen LogP contribution in [0.5, 0.6) is 0 Å². The van der Waals surface area contributed by atoms with Crippen LogP contribution in [-0.2, 0) is 51.2 Å². The van der Waals surface area contributed by atoms with Crippen LogP contribution in [0.1, 0.15) is 38.8 Å². The van der Waals surface area contributed by atoms with Gasteiger partial charge in [0.25, 0.3) is 0 Å². The summed E-state index contributed by atoms with van der Waals surface area (Å²) in [6, 6.07) is 19.1. The molecule has 0 aliphatic carbocycles. The first-order chi connectivity index (χ1) is 20.1. The summed E-state index contributed by atoms with van der Waals surface area (Å²) in [5.74, 6) is -2.16. The number of nitrogens with zero attached hydrogens (tertiary/aromatic N) is 2. The fourth-order valence-electron chi connectivity index (χ4n) is 5.77. The van der Waals surface area contributed by atoms with Gasteiger partial charge in [0.05, 0.1) is 12.2 Å². The van der Waals surface area contributed by atoms with Gasteiger partial charge in [-0.15, -0.1) is 0 Å². The van der Waals surface area contributed by atoms with Crippen molar-refractivity contribution in [3.63, 3.8) is 0 Å². The highest BCUT2D eigenvalue weighted by Gasteiger charge is 2.55. The van der Waals surface area contributed by atoms with E-state index in [9.17, 15) is 19.2 Å². The maximum Gasteiger partial charge on any atom is 0.303 e. The van der Waals surface area contributed by atoms with Crippen LogP contribution in [0, 0.1) is 0 Å². The Kier molecular flexibility index (Phi) is 10.7. The van der Waals surface area contributed by atoms with Gasteiger partial charge in [-0.25, -0.2) is 0 Å². The highest BCUT2D eigenvalue weighted by Crippen LogP contribution is 2.34. The molecule has 1 amide bonds. The van der Waals surface area contributed by atoms with Crippen molar-refractivity contribution in [1.82, 2.24) is 15.1 Å². The normalized spacial score (nSPS) is 25.0. The first-order valence-electron chi connectivity index (χ1n) is 14.1. The fraction of sp³-hybridized carbons (Fsp3) is 0.484. The first kappa shape index (κ1) is 31.1. The van der Waals surface area contributed by atoms with Gasteiger partial charge >= 0.3 is 17.9 Å². The molecule has 0 aromatic heterocycles. The van der Waals surface area contributed by atoms with E-state index in [4.69, 9.17) is 18.9 Å². The van der Waals surface area contributed by atoms with Crippen molar-refractivity contribution in [1.29, 1.82) is 0 Å². The molecule has 0 saturated carbocycles.